The van der Waals surface area contributed by atoms with E-state index in [1.165, 1.54) is 0 Å². The van der Waals surface area contributed by atoms with Gasteiger partial charge in [0, 0.05) is 7.05 Å². The van der Waals surface area contributed by atoms with Crippen LogP contribution in [0.4, 0.5) is 4.39 Å². The van der Waals surface area contributed by atoms with E-state index in [1.807, 2.05) is 6.08 Å². The molecule has 1 aliphatic carbocycles. The zero-order valence-electron chi connectivity index (χ0n) is 6.32. The lowest BCUT2D eigenvalue weighted by Gasteiger charge is -2.13. The average Bonchev–Trinajstić information content (AvgIpc) is 1.94. The van der Waals surface area contributed by atoms with Crippen molar-refractivity contribution in [2.24, 2.45) is 5.92 Å². The van der Waals surface area contributed by atoms with E-state index in [1.54, 1.807) is 13.1 Å². The molecule has 0 aromatic heterocycles. The first-order valence-corrected chi connectivity index (χ1v) is 3.49. The van der Waals surface area contributed by atoms with Crippen molar-refractivity contribution in [2.75, 3.05) is 7.05 Å². The van der Waals surface area contributed by atoms with E-state index >= 15 is 0 Å². The molecule has 0 aliphatic heterocycles. The molecule has 1 nitrogen and oxygen atoms in total. The number of nitrogens with one attached hydrogen (secondary N) is 1. The molecule has 0 unspecified atom stereocenters. The summed E-state index contributed by atoms with van der Waals surface area (Å²) in [7, 11) is 1.73. The zero-order valence-corrected chi connectivity index (χ0v) is 6.32. The molecule has 10 heavy (non-hydrogen) atoms. The molecular weight excluding hydrogens is 129 g/mol. The summed E-state index contributed by atoms with van der Waals surface area (Å²) < 4.78 is 12.8. The van der Waals surface area contributed by atoms with Gasteiger partial charge in [0.2, 0.25) is 0 Å². The smallest absolute Gasteiger partial charge is 0.142 e. The van der Waals surface area contributed by atoms with E-state index in [9.17, 15) is 4.39 Å². The van der Waals surface area contributed by atoms with Gasteiger partial charge in [-0.2, -0.15) is 0 Å². The molecule has 0 aromatic carbocycles. The largest absolute Gasteiger partial charge is 0.386 e. The van der Waals surface area contributed by atoms with Crippen molar-refractivity contribution in [3.8, 4) is 0 Å². The summed E-state index contributed by atoms with van der Waals surface area (Å²) in [6, 6.07) is 0. The van der Waals surface area contributed by atoms with Gasteiger partial charge in [0.15, 0.2) is 0 Å². The van der Waals surface area contributed by atoms with Crippen molar-refractivity contribution in [1.82, 2.24) is 5.32 Å². The summed E-state index contributed by atoms with van der Waals surface area (Å²) in [5.41, 5.74) is 0.624. The molecule has 0 saturated heterocycles. The van der Waals surface area contributed by atoms with Gasteiger partial charge in [-0.25, -0.2) is 4.39 Å². The van der Waals surface area contributed by atoms with Gasteiger partial charge in [0.25, 0.3) is 0 Å². The zero-order chi connectivity index (χ0) is 7.56. The Labute approximate surface area is 60.6 Å². The molecule has 0 spiro atoms. The van der Waals surface area contributed by atoms with Crippen molar-refractivity contribution >= 4 is 0 Å². The molecule has 0 heterocycles. The van der Waals surface area contributed by atoms with E-state index < -0.39 is 0 Å². The van der Waals surface area contributed by atoms with Crippen LogP contribution in [-0.4, -0.2) is 7.05 Å². The van der Waals surface area contributed by atoms with E-state index in [4.69, 9.17) is 0 Å². The lowest BCUT2D eigenvalue weighted by molar-refractivity contribution is 0.589. The summed E-state index contributed by atoms with van der Waals surface area (Å²) in [5.74, 6) is 0.336. The highest BCUT2D eigenvalue weighted by molar-refractivity contribution is 5.27. The molecule has 1 atom stereocenters. The van der Waals surface area contributed by atoms with Crippen molar-refractivity contribution in [3.05, 3.63) is 23.7 Å². The molecule has 1 aliphatic rings. The van der Waals surface area contributed by atoms with Crippen LogP contribution in [0.3, 0.4) is 0 Å². The van der Waals surface area contributed by atoms with Crippen LogP contribution >= 0.6 is 0 Å². The fourth-order valence-electron chi connectivity index (χ4n) is 1.03. The number of allylic oxidation sites excluding steroid dienone is 3. The number of hydrogen-bond donors (Lipinski definition) is 1. The fraction of sp³-hybridized carbons (Fsp3) is 0.500. The normalized spacial score (nSPS) is 25.3. The first kappa shape index (κ1) is 7.32. The lowest BCUT2D eigenvalue weighted by atomic mass is 10.0. The molecule has 0 amide bonds. The summed E-state index contributed by atoms with van der Waals surface area (Å²) in [6.45, 7) is 2.07. The quantitative estimate of drug-likeness (QED) is 0.588. The summed E-state index contributed by atoms with van der Waals surface area (Å²) in [4.78, 5) is 0. The van der Waals surface area contributed by atoms with Crippen molar-refractivity contribution < 1.29 is 4.39 Å². The monoisotopic (exact) mass is 141 g/mol. The van der Waals surface area contributed by atoms with Gasteiger partial charge >= 0.3 is 0 Å². The van der Waals surface area contributed by atoms with Crippen molar-refractivity contribution in [2.45, 2.75) is 13.3 Å². The molecule has 0 saturated carbocycles. The van der Waals surface area contributed by atoms with Crippen LogP contribution < -0.4 is 5.32 Å². The molecule has 0 radical (unpaired) electrons. The third-order valence-corrected chi connectivity index (χ3v) is 1.65. The van der Waals surface area contributed by atoms with Gasteiger partial charge in [-0.3, -0.25) is 0 Å². The van der Waals surface area contributed by atoms with Crippen LogP contribution in [0.1, 0.15) is 13.3 Å². The summed E-state index contributed by atoms with van der Waals surface area (Å²) >= 11 is 0. The number of halogens is 1. The van der Waals surface area contributed by atoms with Gasteiger partial charge in [-0.1, -0.05) is 13.0 Å². The van der Waals surface area contributed by atoms with E-state index in [0.717, 1.165) is 6.42 Å². The third-order valence-electron chi connectivity index (χ3n) is 1.65. The maximum atomic E-state index is 12.8. The molecule has 0 aromatic rings. The predicted molar refractivity (Wildman–Crippen MR) is 40.1 cm³/mol. The summed E-state index contributed by atoms with van der Waals surface area (Å²) in [6.07, 6.45) is 4.35. The molecule has 1 rings (SSSR count). The topological polar surface area (TPSA) is 12.0 Å². The molecule has 0 bridgehead atoms. The van der Waals surface area contributed by atoms with Gasteiger partial charge in [0.1, 0.15) is 5.83 Å². The van der Waals surface area contributed by atoms with Crippen LogP contribution in [0, 0.1) is 5.92 Å². The molecule has 2 heteroatoms. The molecule has 0 fully saturated rings. The Hall–Kier alpha value is -0.790. The first-order chi connectivity index (χ1) is 4.74. The second kappa shape index (κ2) is 2.86. The summed E-state index contributed by atoms with van der Waals surface area (Å²) in [5, 5.41) is 2.80. The van der Waals surface area contributed by atoms with Crippen LogP contribution in [0.2, 0.25) is 0 Å². The maximum absolute atomic E-state index is 12.8. The van der Waals surface area contributed by atoms with Crippen molar-refractivity contribution in [3.63, 3.8) is 0 Å². The SMILES string of the molecule is CNC1=C[C@@H](C)CC=C1F. The van der Waals surface area contributed by atoms with Crippen LogP contribution in [0.25, 0.3) is 0 Å². The average molecular weight is 141 g/mol. The lowest BCUT2D eigenvalue weighted by Crippen LogP contribution is -2.11. The second-order valence-corrected chi connectivity index (χ2v) is 2.60. The Morgan fingerprint density at radius 3 is 2.90 bits per heavy atom. The highest BCUT2D eigenvalue weighted by Crippen LogP contribution is 2.20. The Kier molecular flexibility index (Phi) is 2.10. The van der Waals surface area contributed by atoms with Gasteiger partial charge < -0.3 is 5.32 Å². The van der Waals surface area contributed by atoms with E-state index in [0.29, 0.717) is 11.6 Å². The number of likely N-dealkylation sites (N-methyl/N-ethyl adjacent to an activating group) is 1. The van der Waals surface area contributed by atoms with Crippen LogP contribution in [0.5, 0.6) is 0 Å². The maximum Gasteiger partial charge on any atom is 0.142 e. The Morgan fingerprint density at radius 2 is 2.40 bits per heavy atom. The minimum Gasteiger partial charge on any atom is -0.386 e. The minimum absolute atomic E-state index is 0.124. The fourth-order valence-corrected chi connectivity index (χ4v) is 1.03. The highest BCUT2D eigenvalue weighted by Gasteiger charge is 2.09. The van der Waals surface area contributed by atoms with Crippen LogP contribution in [-0.2, 0) is 0 Å². The van der Waals surface area contributed by atoms with Gasteiger partial charge in [0.05, 0.1) is 5.70 Å². The Bertz CT molecular complexity index is 182. The minimum atomic E-state index is -0.124. The second-order valence-electron chi connectivity index (χ2n) is 2.60. The van der Waals surface area contributed by atoms with E-state index in [-0.39, 0.29) is 5.83 Å². The molecule has 56 valence electrons. The third kappa shape index (κ3) is 1.38. The molecule has 1 N–H and O–H groups in total. The predicted octanol–water partition coefficient (Wildman–Crippen LogP) is 1.98. The molecular formula is C8H12FN. The number of rotatable bonds is 1. The first-order valence-electron chi connectivity index (χ1n) is 3.49. The Balaban J connectivity index is 2.74. The number of hydrogen-bond acceptors (Lipinski definition) is 1. The van der Waals surface area contributed by atoms with Gasteiger partial charge in [-0.05, 0) is 18.4 Å². The Morgan fingerprint density at radius 1 is 1.70 bits per heavy atom. The standard InChI is InChI=1S/C8H12FN/c1-6-3-4-7(9)8(5-6)10-2/h4-6,10H,3H2,1-2H3/t6-/m0/s1. The highest BCUT2D eigenvalue weighted by atomic mass is 19.1. The van der Waals surface area contributed by atoms with Crippen molar-refractivity contribution in [1.29, 1.82) is 0 Å². The van der Waals surface area contributed by atoms with E-state index in [2.05, 4.69) is 12.2 Å². The van der Waals surface area contributed by atoms with Crippen LogP contribution in [0.15, 0.2) is 23.7 Å². The van der Waals surface area contributed by atoms with Gasteiger partial charge in [-0.15, -0.1) is 0 Å².